The highest BCUT2D eigenvalue weighted by Crippen LogP contribution is 2.43. The van der Waals surface area contributed by atoms with E-state index in [1.807, 2.05) is 6.07 Å². The van der Waals surface area contributed by atoms with Crippen molar-refractivity contribution in [3.63, 3.8) is 0 Å². The van der Waals surface area contributed by atoms with E-state index < -0.39 is 11.7 Å². The smallest absolute Gasteiger partial charge is 0.147 e. The average molecular weight is 223 g/mol. The zero-order valence-corrected chi connectivity index (χ0v) is 8.87. The first-order valence-corrected chi connectivity index (χ1v) is 5.52. The second kappa shape index (κ2) is 3.35. The number of ether oxygens (including phenoxy) is 1. The van der Waals surface area contributed by atoms with Gasteiger partial charge in [-0.1, -0.05) is 12.1 Å². The van der Waals surface area contributed by atoms with Gasteiger partial charge in [-0.3, -0.25) is 0 Å². The largest absolute Gasteiger partial charge is 0.506 e. The van der Waals surface area contributed by atoms with Crippen LogP contribution in [0.3, 0.4) is 0 Å². The number of benzene rings is 1. The molecule has 0 bridgehead atoms. The molecule has 2 aliphatic rings. The number of aromatic hydroxyl groups is 1. The summed E-state index contributed by atoms with van der Waals surface area (Å²) in [7, 11) is 0. The third kappa shape index (κ3) is 1.29. The van der Waals surface area contributed by atoms with Gasteiger partial charge in [0, 0.05) is 13.0 Å². The Morgan fingerprint density at radius 3 is 3.12 bits per heavy atom. The lowest BCUT2D eigenvalue weighted by atomic mass is 9.86. The summed E-state index contributed by atoms with van der Waals surface area (Å²) in [5, 5.41) is 12.9. The maximum absolute atomic E-state index is 14.0. The van der Waals surface area contributed by atoms with Gasteiger partial charge in [-0.15, -0.1) is 0 Å². The first-order chi connectivity index (χ1) is 7.71. The van der Waals surface area contributed by atoms with E-state index in [1.54, 1.807) is 12.1 Å². The van der Waals surface area contributed by atoms with Crippen molar-refractivity contribution in [1.82, 2.24) is 0 Å². The van der Waals surface area contributed by atoms with Gasteiger partial charge in [-0.05, 0) is 18.1 Å². The number of para-hydroxylation sites is 1. The SMILES string of the molecule is Oc1cccc2c1NC1(CCOCC1F)C2. The van der Waals surface area contributed by atoms with Gasteiger partial charge in [-0.2, -0.15) is 0 Å². The minimum absolute atomic E-state index is 0.141. The molecule has 2 N–H and O–H groups in total. The number of anilines is 1. The Labute approximate surface area is 93.2 Å². The molecule has 3 rings (SSSR count). The quantitative estimate of drug-likeness (QED) is 0.660. The van der Waals surface area contributed by atoms with E-state index >= 15 is 0 Å². The van der Waals surface area contributed by atoms with Crippen LogP contribution in [-0.2, 0) is 11.2 Å². The van der Waals surface area contributed by atoms with E-state index in [0.29, 0.717) is 25.1 Å². The van der Waals surface area contributed by atoms with Crippen LogP contribution in [0.1, 0.15) is 12.0 Å². The topological polar surface area (TPSA) is 41.5 Å². The Bertz CT molecular complexity index is 423. The van der Waals surface area contributed by atoms with Crippen LogP contribution >= 0.6 is 0 Å². The van der Waals surface area contributed by atoms with Crippen LogP contribution in [0.2, 0.25) is 0 Å². The lowest BCUT2D eigenvalue weighted by Gasteiger charge is -2.37. The fourth-order valence-corrected chi connectivity index (χ4v) is 2.61. The van der Waals surface area contributed by atoms with E-state index in [4.69, 9.17) is 4.74 Å². The van der Waals surface area contributed by atoms with Crippen LogP contribution < -0.4 is 5.32 Å². The predicted octanol–water partition coefficient (Wildman–Crippen LogP) is 1.86. The third-order valence-electron chi connectivity index (χ3n) is 3.56. The summed E-state index contributed by atoms with van der Waals surface area (Å²) in [5.41, 5.74) is 1.11. The standard InChI is InChI=1S/C12H14FNO2/c13-10-7-16-5-4-12(10)6-8-2-1-3-9(15)11(8)14-12/h1-3,10,14-15H,4-7H2. The van der Waals surface area contributed by atoms with Gasteiger partial charge in [-0.25, -0.2) is 4.39 Å². The van der Waals surface area contributed by atoms with Crippen molar-refractivity contribution >= 4 is 5.69 Å². The van der Waals surface area contributed by atoms with E-state index in [-0.39, 0.29) is 12.4 Å². The monoisotopic (exact) mass is 223 g/mol. The fourth-order valence-electron chi connectivity index (χ4n) is 2.61. The van der Waals surface area contributed by atoms with Crippen LogP contribution in [0.4, 0.5) is 10.1 Å². The summed E-state index contributed by atoms with van der Waals surface area (Å²) in [6, 6.07) is 5.35. The van der Waals surface area contributed by atoms with E-state index in [0.717, 1.165) is 5.56 Å². The lowest BCUT2D eigenvalue weighted by Crippen LogP contribution is -2.52. The van der Waals surface area contributed by atoms with E-state index in [9.17, 15) is 9.50 Å². The van der Waals surface area contributed by atoms with E-state index in [2.05, 4.69) is 5.32 Å². The summed E-state index contributed by atoms with van der Waals surface area (Å²) in [6.45, 7) is 0.712. The molecule has 3 nitrogen and oxygen atoms in total. The van der Waals surface area contributed by atoms with Gasteiger partial charge in [0.25, 0.3) is 0 Å². The molecule has 0 amide bonds. The summed E-state index contributed by atoms with van der Waals surface area (Å²) in [6.07, 6.45) is 0.247. The Balaban J connectivity index is 1.97. The Morgan fingerprint density at radius 2 is 2.38 bits per heavy atom. The molecule has 0 aliphatic carbocycles. The highest BCUT2D eigenvalue weighted by Gasteiger charge is 2.46. The van der Waals surface area contributed by atoms with Crippen LogP contribution in [0, 0.1) is 0 Å². The number of phenols is 1. The Hall–Kier alpha value is -1.29. The minimum Gasteiger partial charge on any atom is -0.506 e. The highest BCUT2D eigenvalue weighted by atomic mass is 19.1. The zero-order valence-electron chi connectivity index (χ0n) is 8.87. The van der Waals surface area contributed by atoms with Crippen LogP contribution in [0.5, 0.6) is 5.75 Å². The number of rotatable bonds is 0. The van der Waals surface area contributed by atoms with Crippen molar-refractivity contribution in [1.29, 1.82) is 0 Å². The Morgan fingerprint density at radius 1 is 1.50 bits per heavy atom. The molecule has 0 saturated carbocycles. The van der Waals surface area contributed by atoms with Gasteiger partial charge in [0.05, 0.1) is 17.8 Å². The van der Waals surface area contributed by atoms with Crippen molar-refractivity contribution < 1.29 is 14.2 Å². The number of phenolic OH excluding ortho intramolecular Hbond substituents is 1. The molecule has 1 saturated heterocycles. The molecule has 1 aromatic rings. The first-order valence-electron chi connectivity index (χ1n) is 5.52. The van der Waals surface area contributed by atoms with Crippen LogP contribution in [0.15, 0.2) is 18.2 Å². The van der Waals surface area contributed by atoms with Crippen molar-refractivity contribution in [3.05, 3.63) is 23.8 Å². The van der Waals surface area contributed by atoms with Gasteiger partial charge in [0.1, 0.15) is 11.9 Å². The van der Waals surface area contributed by atoms with Gasteiger partial charge >= 0.3 is 0 Å². The molecule has 86 valence electrons. The van der Waals surface area contributed by atoms with E-state index in [1.165, 1.54) is 0 Å². The lowest BCUT2D eigenvalue weighted by molar-refractivity contribution is -0.00547. The molecule has 1 spiro atoms. The normalized spacial score (nSPS) is 32.4. The second-order valence-electron chi connectivity index (χ2n) is 4.56. The molecule has 2 heterocycles. The molecular formula is C12H14FNO2. The third-order valence-corrected chi connectivity index (χ3v) is 3.56. The van der Waals surface area contributed by atoms with Gasteiger partial charge in [0.15, 0.2) is 0 Å². The average Bonchev–Trinajstić information content (AvgIpc) is 2.64. The molecular weight excluding hydrogens is 209 g/mol. The minimum atomic E-state index is -1.02. The number of nitrogens with one attached hydrogen (secondary N) is 1. The summed E-state index contributed by atoms with van der Waals surface area (Å²) in [4.78, 5) is 0. The molecule has 2 atom stereocenters. The predicted molar refractivity (Wildman–Crippen MR) is 58.5 cm³/mol. The van der Waals surface area contributed by atoms with Crippen molar-refractivity contribution in [3.8, 4) is 5.75 Å². The highest BCUT2D eigenvalue weighted by molar-refractivity contribution is 5.67. The van der Waals surface area contributed by atoms with Crippen molar-refractivity contribution in [2.45, 2.75) is 24.6 Å². The number of fused-ring (bicyclic) bond motifs is 1. The van der Waals surface area contributed by atoms with Crippen LogP contribution in [-0.4, -0.2) is 30.0 Å². The zero-order chi connectivity index (χ0) is 11.2. The molecule has 4 heteroatoms. The van der Waals surface area contributed by atoms with Crippen molar-refractivity contribution in [2.24, 2.45) is 0 Å². The maximum atomic E-state index is 14.0. The summed E-state index contributed by atoms with van der Waals surface area (Å²) in [5.74, 6) is 0.202. The Kier molecular flexibility index (Phi) is 2.07. The van der Waals surface area contributed by atoms with Gasteiger partial charge < -0.3 is 15.2 Å². The molecule has 2 aliphatic heterocycles. The maximum Gasteiger partial charge on any atom is 0.147 e. The molecule has 2 unspecified atom stereocenters. The number of halogens is 1. The molecule has 1 fully saturated rings. The van der Waals surface area contributed by atoms with Crippen LogP contribution in [0.25, 0.3) is 0 Å². The number of alkyl halides is 1. The fraction of sp³-hybridized carbons (Fsp3) is 0.500. The van der Waals surface area contributed by atoms with Gasteiger partial charge in [0.2, 0.25) is 0 Å². The molecule has 1 aromatic carbocycles. The molecule has 0 radical (unpaired) electrons. The molecule has 0 aromatic heterocycles. The summed E-state index contributed by atoms with van der Waals surface area (Å²) >= 11 is 0. The number of hydrogen-bond acceptors (Lipinski definition) is 3. The van der Waals surface area contributed by atoms with Crippen molar-refractivity contribution in [2.75, 3.05) is 18.5 Å². The summed E-state index contributed by atoms with van der Waals surface area (Å²) < 4.78 is 19.1. The first kappa shape index (κ1) is 9.90. The molecule has 16 heavy (non-hydrogen) atoms. The number of hydrogen-bond donors (Lipinski definition) is 2. The second-order valence-corrected chi connectivity index (χ2v) is 4.56.